The van der Waals surface area contributed by atoms with Crippen LogP contribution in [0, 0.1) is 6.92 Å². The van der Waals surface area contributed by atoms with Gasteiger partial charge < -0.3 is 9.47 Å². The number of hydrogen-bond donors (Lipinski definition) is 1. The summed E-state index contributed by atoms with van der Waals surface area (Å²) in [7, 11) is 1.53. The van der Waals surface area contributed by atoms with Crippen LogP contribution in [-0.2, 0) is 16.2 Å². The molecule has 33 heavy (non-hydrogen) atoms. The van der Waals surface area contributed by atoms with Crippen LogP contribution in [-0.4, -0.2) is 25.0 Å². The molecule has 1 aliphatic heterocycles. The van der Waals surface area contributed by atoms with Gasteiger partial charge in [0.1, 0.15) is 12.2 Å². The maximum atomic E-state index is 13.1. The van der Waals surface area contributed by atoms with E-state index in [4.69, 9.17) is 9.47 Å². The van der Waals surface area contributed by atoms with Crippen molar-refractivity contribution in [3.05, 3.63) is 95.1 Å². The number of ether oxygens (including phenoxy) is 2. The van der Waals surface area contributed by atoms with Crippen molar-refractivity contribution in [2.24, 2.45) is 0 Å². The van der Waals surface area contributed by atoms with Crippen molar-refractivity contribution in [3.8, 4) is 11.5 Å². The summed E-state index contributed by atoms with van der Waals surface area (Å²) in [4.78, 5) is 39.0. The van der Waals surface area contributed by atoms with Crippen LogP contribution in [0.2, 0.25) is 0 Å². The quantitative estimate of drug-likeness (QED) is 0.456. The summed E-state index contributed by atoms with van der Waals surface area (Å²) in [6.45, 7) is 2.11. The average Bonchev–Trinajstić information content (AvgIpc) is 2.82. The van der Waals surface area contributed by atoms with Gasteiger partial charge in [0.25, 0.3) is 11.8 Å². The van der Waals surface area contributed by atoms with Gasteiger partial charge in [0, 0.05) is 0 Å². The van der Waals surface area contributed by atoms with E-state index in [-0.39, 0.29) is 5.57 Å². The van der Waals surface area contributed by atoms with Crippen molar-refractivity contribution in [1.82, 2.24) is 5.32 Å². The molecule has 0 saturated carbocycles. The van der Waals surface area contributed by atoms with E-state index >= 15 is 0 Å². The Bertz CT molecular complexity index is 1250. The molecule has 1 aliphatic rings. The number of carbonyl (C=O) groups is 3. The monoisotopic (exact) mass is 442 g/mol. The third-order valence-electron chi connectivity index (χ3n) is 5.19. The number of aryl methyl sites for hydroxylation is 1. The molecule has 1 heterocycles. The molecule has 4 rings (SSSR count). The Morgan fingerprint density at radius 1 is 0.909 bits per heavy atom. The number of para-hydroxylation sites is 1. The van der Waals surface area contributed by atoms with E-state index in [1.807, 2.05) is 30.3 Å². The molecule has 3 aromatic carbocycles. The van der Waals surface area contributed by atoms with Crippen LogP contribution in [0.3, 0.4) is 0 Å². The topological polar surface area (TPSA) is 84.9 Å². The predicted octanol–water partition coefficient (Wildman–Crippen LogP) is 4.25. The average molecular weight is 442 g/mol. The number of anilines is 1. The fourth-order valence-electron chi connectivity index (χ4n) is 3.49. The normalized spacial score (nSPS) is 14.9. The number of nitrogens with zero attached hydrogens (tertiary/aromatic N) is 1. The Balaban J connectivity index is 1.65. The summed E-state index contributed by atoms with van der Waals surface area (Å²) >= 11 is 0. The summed E-state index contributed by atoms with van der Waals surface area (Å²) in [6, 6.07) is 20.9. The van der Waals surface area contributed by atoms with Crippen molar-refractivity contribution in [2.45, 2.75) is 13.5 Å². The largest absolute Gasteiger partial charge is 0.493 e. The first kappa shape index (κ1) is 21.8. The molecule has 3 aromatic rings. The zero-order chi connectivity index (χ0) is 23.4. The van der Waals surface area contributed by atoms with Gasteiger partial charge in [0.05, 0.1) is 12.8 Å². The van der Waals surface area contributed by atoms with Gasteiger partial charge in [-0.15, -0.1) is 0 Å². The number of nitrogens with one attached hydrogen (secondary N) is 1. The molecular weight excluding hydrogens is 420 g/mol. The molecule has 0 bridgehead atoms. The molecule has 0 aromatic heterocycles. The highest BCUT2D eigenvalue weighted by atomic mass is 16.5. The number of urea groups is 1. The van der Waals surface area contributed by atoms with E-state index in [1.54, 1.807) is 49.4 Å². The molecule has 7 heteroatoms. The van der Waals surface area contributed by atoms with Gasteiger partial charge in [0.15, 0.2) is 11.5 Å². The Labute approximate surface area is 191 Å². The van der Waals surface area contributed by atoms with Gasteiger partial charge in [-0.2, -0.15) is 0 Å². The number of rotatable bonds is 6. The number of amides is 4. The standard InChI is InChI=1S/C26H22N2O5/c1-17-8-6-7-11-21(17)28-25(30)20(24(29)27-26(28)31)14-19-12-13-22(32-2)23(15-19)33-16-18-9-4-3-5-10-18/h3-15H,16H2,1-2H3,(H,27,29,31)/b20-14+. The molecule has 0 aliphatic carbocycles. The van der Waals surface area contributed by atoms with Crippen LogP contribution in [0.4, 0.5) is 10.5 Å². The molecular formula is C26H22N2O5. The van der Waals surface area contributed by atoms with Crippen LogP contribution in [0.1, 0.15) is 16.7 Å². The van der Waals surface area contributed by atoms with E-state index in [0.29, 0.717) is 29.4 Å². The number of barbiturate groups is 1. The molecule has 7 nitrogen and oxygen atoms in total. The minimum Gasteiger partial charge on any atom is -0.493 e. The van der Waals surface area contributed by atoms with E-state index in [9.17, 15) is 14.4 Å². The Hall–Kier alpha value is -4.39. The van der Waals surface area contributed by atoms with E-state index in [0.717, 1.165) is 16.0 Å². The third kappa shape index (κ3) is 4.62. The van der Waals surface area contributed by atoms with Crippen LogP contribution >= 0.6 is 0 Å². The Morgan fingerprint density at radius 3 is 2.36 bits per heavy atom. The lowest BCUT2D eigenvalue weighted by Crippen LogP contribution is -2.54. The number of methoxy groups -OCH3 is 1. The van der Waals surface area contributed by atoms with Gasteiger partial charge in [0.2, 0.25) is 0 Å². The SMILES string of the molecule is COc1ccc(/C=C2\C(=O)NC(=O)N(c3ccccc3C)C2=O)cc1OCc1ccccc1. The second kappa shape index (κ2) is 9.40. The summed E-state index contributed by atoms with van der Waals surface area (Å²) in [5.41, 5.74) is 2.53. The lowest BCUT2D eigenvalue weighted by atomic mass is 10.1. The molecule has 1 saturated heterocycles. The highest BCUT2D eigenvalue weighted by molar-refractivity contribution is 6.39. The number of carbonyl (C=O) groups excluding carboxylic acids is 3. The van der Waals surface area contributed by atoms with Gasteiger partial charge in [-0.05, 0) is 47.9 Å². The van der Waals surface area contributed by atoms with Gasteiger partial charge >= 0.3 is 6.03 Å². The highest BCUT2D eigenvalue weighted by Crippen LogP contribution is 2.31. The highest BCUT2D eigenvalue weighted by Gasteiger charge is 2.37. The van der Waals surface area contributed by atoms with Crippen molar-refractivity contribution >= 4 is 29.6 Å². The van der Waals surface area contributed by atoms with Crippen molar-refractivity contribution in [2.75, 3.05) is 12.0 Å². The number of hydrogen-bond acceptors (Lipinski definition) is 5. The maximum Gasteiger partial charge on any atom is 0.335 e. The first-order valence-corrected chi connectivity index (χ1v) is 10.3. The van der Waals surface area contributed by atoms with Crippen LogP contribution in [0.25, 0.3) is 6.08 Å². The summed E-state index contributed by atoms with van der Waals surface area (Å²) in [5.74, 6) is -0.464. The lowest BCUT2D eigenvalue weighted by molar-refractivity contribution is -0.122. The van der Waals surface area contributed by atoms with Crippen LogP contribution < -0.4 is 19.7 Å². The zero-order valence-electron chi connectivity index (χ0n) is 18.2. The Morgan fingerprint density at radius 2 is 1.64 bits per heavy atom. The fourth-order valence-corrected chi connectivity index (χ4v) is 3.49. The zero-order valence-corrected chi connectivity index (χ0v) is 18.2. The first-order valence-electron chi connectivity index (χ1n) is 10.3. The minimum atomic E-state index is -0.780. The van der Waals surface area contributed by atoms with E-state index in [1.165, 1.54) is 13.2 Å². The van der Waals surface area contributed by atoms with Gasteiger partial charge in [-0.1, -0.05) is 54.6 Å². The number of benzene rings is 3. The predicted molar refractivity (Wildman–Crippen MR) is 124 cm³/mol. The maximum absolute atomic E-state index is 13.1. The summed E-state index contributed by atoms with van der Waals surface area (Å²) in [5, 5.41) is 2.24. The minimum absolute atomic E-state index is 0.156. The summed E-state index contributed by atoms with van der Waals surface area (Å²) < 4.78 is 11.3. The second-order valence-corrected chi connectivity index (χ2v) is 7.43. The second-order valence-electron chi connectivity index (χ2n) is 7.43. The molecule has 1 fully saturated rings. The van der Waals surface area contributed by atoms with E-state index < -0.39 is 17.8 Å². The molecule has 0 spiro atoms. The first-order chi connectivity index (χ1) is 16.0. The van der Waals surface area contributed by atoms with E-state index in [2.05, 4.69) is 5.32 Å². The third-order valence-corrected chi connectivity index (χ3v) is 5.19. The summed E-state index contributed by atoms with van der Waals surface area (Å²) in [6.07, 6.45) is 1.43. The molecule has 0 atom stereocenters. The van der Waals surface area contributed by atoms with Crippen molar-refractivity contribution in [1.29, 1.82) is 0 Å². The van der Waals surface area contributed by atoms with Crippen LogP contribution in [0.15, 0.2) is 78.4 Å². The molecule has 0 radical (unpaired) electrons. The smallest absolute Gasteiger partial charge is 0.335 e. The lowest BCUT2D eigenvalue weighted by Gasteiger charge is -2.27. The van der Waals surface area contributed by atoms with Crippen molar-refractivity contribution < 1.29 is 23.9 Å². The van der Waals surface area contributed by atoms with Gasteiger partial charge in [-0.25, -0.2) is 9.69 Å². The number of imide groups is 2. The Kier molecular flexibility index (Phi) is 6.22. The fraction of sp³-hybridized carbons (Fsp3) is 0.115. The molecule has 1 N–H and O–H groups in total. The molecule has 166 valence electrons. The van der Waals surface area contributed by atoms with Crippen molar-refractivity contribution in [3.63, 3.8) is 0 Å². The van der Waals surface area contributed by atoms with Gasteiger partial charge in [-0.3, -0.25) is 14.9 Å². The molecule has 4 amide bonds. The molecule has 0 unspecified atom stereocenters. The van der Waals surface area contributed by atoms with Crippen LogP contribution in [0.5, 0.6) is 11.5 Å².